The van der Waals surface area contributed by atoms with E-state index in [1.54, 1.807) is 0 Å². The highest BCUT2D eigenvalue weighted by atomic mass is 35.5. The molecule has 0 bridgehead atoms. The van der Waals surface area contributed by atoms with E-state index in [1.165, 1.54) is 0 Å². The van der Waals surface area contributed by atoms with Crippen LogP contribution < -0.4 is 36.9 Å². The maximum Gasteiger partial charge on any atom is -0.147 e. The molecule has 0 aromatic rings. The van der Waals surface area contributed by atoms with Crippen LogP contribution in [-0.2, 0) is 0 Å². The van der Waals surface area contributed by atoms with Gasteiger partial charge in [0.2, 0.25) is 0 Å². The Kier molecular flexibility index (Phi) is 910000000. The molecule has 6 nitrogen and oxygen atoms in total. The summed E-state index contributed by atoms with van der Waals surface area (Å²) in [6.07, 6.45) is 0. The van der Waals surface area contributed by atoms with Gasteiger partial charge in [0.05, 0.1) is 0 Å². The Morgan fingerprint density at radius 1 is 0.286 bits per heavy atom. The molecule has 0 rings (SSSR count). The first-order valence-corrected chi connectivity index (χ1v) is 0. The molecule has 0 saturated heterocycles. The lowest BCUT2D eigenvalue weighted by molar-refractivity contribution is 2.13. The van der Waals surface area contributed by atoms with Gasteiger partial charge in [0.1, 0.15) is 0 Å². The maximum absolute atomic E-state index is 0. The van der Waals surface area contributed by atoms with Crippen molar-refractivity contribution < 1.29 is 0 Å². The molecule has 0 unspecified atom stereocenters. The van der Waals surface area contributed by atoms with E-state index >= 15 is 0 Å². The summed E-state index contributed by atoms with van der Waals surface area (Å²) in [7, 11) is 0. The van der Waals surface area contributed by atoms with Crippen molar-refractivity contribution in [3.63, 3.8) is 0 Å². The van der Waals surface area contributed by atoms with Crippen LogP contribution in [0.15, 0.2) is 0 Å². The summed E-state index contributed by atoms with van der Waals surface area (Å²) in [4.78, 5) is 0. The summed E-state index contributed by atoms with van der Waals surface area (Å²) in [5.41, 5.74) is 0. The van der Waals surface area contributed by atoms with E-state index in [2.05, 4.69) is 0 Å². The van der Waals surface area contributed by atoms with Gasteiger partial charge in [-0.2, -0.15) is 0 Å². The van der Waals surface area contributed by atoms with Crippen molar-refractivity contribution in [3.05, 3.63) is 0 Å². The fourth-order valence-corrected chi connectivity index (χ4v) is 0. The summed E-state index contributed by atoms with van der Waals surface area (Å²) >= 11 is 0. The monoisotopic (exact) mass is 138 g/mol. The van der Waals surface area contributed by atoms with Gasteiger partial charge in [-0.1, -0.05) is 0 Å². The topological polar surface area (TPSA) is 210 Å². The lowest BCUT2D eigenvalue weighted by atomic mass is 14.0. The third-order valence-electron chi connectivity index (χ3n) is 0. The predicted molar refractivity (Wildman–Crippen MR) is 37.4 cm³/mol. The van der Waals surface area contributed by atoms with Gasteiger partial charge in [0, 0.05) is 0 Å². The minimum absolute atomic E-state index is 0. The molecule has 0 spiro atoms. The fourth-order valence-electron chi connectivity index (χ4n) is 0. The minimum atomic E-state index is 0. The average molecular weight is 139 g/mol. The Hall–Kier alpha value is 0.0500. The molecular formula is H19ClN6. The first-order chi connectivity index (χ1) is 0. The third kappa shape index (κ3) is 39700. The Labute approximate surface area is 50.3 Å². The molecule has 7 heavy (non-hydrogen) atoms. The second kappa shape index (κ2) is 61700. The van der Waals surface area contributed by atoms with Gasteiger partial charge in [-0.3, -0.25) is 0 Å². The van der Waals surface area contributed by atoms with Crippen molar-refractivity contribution in [2.24, 2.45) is 0 Å². The zero-order valence-corrected chi connectivity index (χ0v) is 5.47. The van der Waals surface area contributed by atoms with Crippen LogP contribution in [0.5, 0.6) is 0 Å². The van der Waals surface area contributed by atoms with E-state index in [0.717, 1.165) is 0 Å². The SMILES string of the molecule is Cl.N.N.N.N.N.N. The van der Waals surface area contributed by atoms with Crippen molar-refractivity contribution in [3.8, 4) is 0 Å². The van der Waals surface area contributed by atoms with Gasteiger partial charge in [0.25, 0.3) is 0 Å². The number of halogens is 1. The van der Waals surface area contributed by atoms with Gasteiger partial charge in [-0.25, -0.2) is 0 Å². The van der Waals surface area contributed by atoms with Gasteiger partial charge in [-0.05, 0) is 0 Å². The molecule has 56 valence electrons. The molecule has 0 saturated carbocycles. The summed E-state index contributed by atoms with van der Waals surface area (Å²) in [5, 5.41) is 0. The Balaban J connectivity index is 0. The van der Waals surface area contributed by atoms with Crippen molar-refractivity contribution in [1.29, 1.82) is 0 Å². The Morgan fingerprint density at radius 2 is 0.286 bits per heavy atom. The maximum atomic E-state index is 0. The van der Waals surface area contributed by atoms with E-state index in [9.17, 15) is 0 Å². The molecule has 7 heteroatoms. The van der Waals surface area contributed by atoms with Gasteiger partial charge >= 0.3 is 0 Å². The van der Waals surface area contributed by atoms with Crippen LogP contribution in [0.2, 0.25) is 0 Å². The van der Waals surface area contributed by atoms with E-state index in [-0.39, 0.29) is 49.3 Å². The first-order valence-electron chi connectivity index (χ1n) is 0. The van der Waals surface area contributed by atoms with Crippen LogP contribution in [0.1, 0.15) is 0 Å². The number of rotatable bonds is 0. The first kappa shape index (κ1) is 103000. The molecule has 0 aromatic carbocycles. The minimum Gasteiger partial charge on any atom is -0.344 e. The highest BCUT2D eigenvalue weighted by Gasteiger charge is -0.147. The van der Waals surface area contributed by atoms with Crippen molar-refractivity contribution in [1.82, 2.24) is 36.9 Å². The van der Waals surface area contributed by atoms with Crippen LogP contribution in [0.25, 0.3) is 0 Å². The molecule has 0 radical (unpaired) electrons. The van der Waals surface area contributed by atoms with Crippen molar-refractivity contribution in [2.75, 3.05) is 0 Å². The van der Waals surface area contributed by atoms with Crippen LogP contribution in [-0.4, -0.2) is 0 Å². The quantitative estimate of drug-likeness (QED) is 0.291. The van der Waals surface area contributed by atoms with Crippen LogP contribution in [0, 0.1) is 0 Å². The van der Waals surface area contributed by atoms with E-state index in [4.69, 9.17) is 0 Å². The average Bonchev–Trinajstić information content (AvgIpc) is 0. The molecule has 0 aromatic heterocycles. The van der Waals surface area contributed by atoms with Crippen LogP contribution >= 0.6 is 12.4 Å². The second-order valence-corrected chi connectivity index (χ2v) is 0. The van der Waals surface area contributed by atoms with Gasteiger partial charge < -0.3 is 36.9 Å². The highest BCUT2D eigenvalue weighted by molar-refractivity contribution is 5.85. The number of hydrogen-bond donors (Lipinski definition) is 6. The smallest absolute Gasteiger partial charge is 0.147 e. The Bertz CT molecular complexity index is 4.14. The van der Waals surface area contributed by atoms with Crippen LogP contribution in [0.3, 0.4) is 0 Å². The summed E-state index contributed by atoms with van der Waals surface area (Å²) < 4.78 is 0. The normalized spacial score (nSPS) is 0. The van der Waals surface area contributed by atoms with E-state index < -0.39 is 0 Å². The molecule has 0 atom stereocenters. The fraction of sp³-hybridized carbons (Fsp3) is 0. The zero-order valence-electron chi connectivity index (χ0n) is 4.65. The van der Waals surface area contributed by atoms with Crippen molar-refractivity contribution in [2.45, 2.75) is 0 Å². The van der Waals surface area contributed by atoms with Gasteiger partial charge in [-0.15, -0.1) is 12.4 Å². The standard InChI is InChI=1S/ClH.6H3N/h1H;6*1H3. The van der Waals surface area contributed by atoms with E-state index in [1.807, 2.05) is 0 Å². The molecule has 0 fully saturated rings. The molecule has 0 aliphatic heterocycles. The molecule has 0 amide bonds. The molecule has 0 heterocycles. The largest absolute Gasteiger partial charge is 0.344 e. The summed E-state index contributed by atoms with van der Waals surface area (Å²) in [6, 6.07) is 0. The summed E-state index contributed by atoms with van der Waals surface area (Å²) in [6.45, 7) is 0. The second-order valence-electron chi connectivity index (χ2n) is 0. The molecular weight excluding hydrogens is 119 g/mol. The number of hydrogen-bond acceptors (Lipinski definition) is 6. The summed E-state index contributed by atoms with van der Waals surface area (Å²) in [5.74, 6) is 0. The Morgan fingerprint density at radius 3 is 0.286 bits per heavy atom. The van der Waals surface area contributed by atoms with Crippen molar-refractivity contribution >= 4 is 12.4 Å². The molecule has 18 N–H and O–H groups in total. The zero-order chi connectivity index (χ0) is 0. The highest BCUT2D eigenvalue weighted by Crippen LogP contribution is 0.690. The predicted octanol–water partition coefficient (Wildman–Crippen LogP) is 1.39. The molecule has 0 aliphatic rings. The van der Waals surface area contributed by atoms with Crippen LogP contribution in [0.4, 0.5) is 0 Å². The third-order valence-corrected chi connectivity index (χ3v) is 0. The van der Waals surface area contributed by atoms with Gasteiger partial charge in [0.15, 0.2) is 0 Å². The lowest BCUT2D eigenvalue weighted by Crippen LogP contribution is -0.482. The lowest BCUT2D eigenvalue weighted by Gasteiger charge is -0.345. The van der Waals surface area contributed by atoms with E-state index in [0.29, 0.717) is 0 Å². The molecule has 0 aliphatic carbocycles.